The van der Waals surface area contributed by atoms with E-state index >= 15 is 0 Å². The molecule has 1 heterocycles. The number of fused-ring (bicyclic) bond motifs is 1. The molecule has 1 aliphatic heterocycles. The number of nitrogens with zero attached hydrogens (tertiary/aromatic N) is 2. The third-order valence-electron chi connectivity index (χ3n) is 9.07. The molecule has 1 aliphatic carbocycles. The Labute approximate surface area is 270 Å². The first-order valence-corrected chi connectivity index (χ1v) is 15.9. The molecule has 0 radical (unpaired) electrons. The molecule has 0 spiro atoms. The van der Waals surface area contributed by atoms with Gasteiger partial charge in [0.25, 0.3) is 5.91 Å². The summed E-state index contributed by atoms with van der Waals surface area (Å²) in [6.07, 6.45) is 0.117. The zero-order valence-electron chi connectivity index (χ0n) is 25.9. The van der Waals surface area contributed by atoms with Crippen molar-refractivity contribution in [2.75, 3.05) is 11.5 Å². The van der Waals surface area contributed by atoms with Gasteiger partial charge in [-0.3, -0.25) is 4.79 Å². The molecule has 5 aromatic carbocycles. The van der Waals surface area contributed by atoms with E-state index < -0.39 is 12.1 Å². The number of carbonyl (C=O) groups is 2. The summed E-state index contributed by atoms with van der Waals surface area (Å²) in [6.45, 7) is 3.75. The van der Waals surface area contributed by atoms with Crippen LogP contribution in [-0.4, -0.2) is 23.5 Å². The topological polar surface area (TPSA) is 49.9 Å². The van der Waals surface area contributed by atoms with E-state index in [1.54, 1.807) is 0 Å². The smallest absolute Gasteiger partial charge is 0.417 e. The van der Waals surface area contributed by atoms with Gasteiger partial charge in [0, 0.05) is 30.3 Å². The molecule has 0 N–H and O–H groups in total. The fraction of sp³-hybridized carbons (Fsp3) is 0.171. The van der Waals surface area contributed by atoms with Crippen LogP contribution in [0.15, 0.2) is 145 Å². The molecule has 228 valence electrons. The van der Waals surface area contributed by atoms with Gasteiger partial charge in [-0.1, -0.05) is 134 Å². The van der Waals surface area contributed by atoms with Crippen LogP contribution in [0, 0.1) is 0 Å². The molecule has 2 atom stereocenters. The monoisotopic (exact) mass is 604 g/mol. The molecule has 0 saturated carbocycles. The maximum atomic E-state index is 14.7. The number of cyclic esters (lactones) is 1. The summed E-state index contributed by atoms with van der Waals surface area (Å²) in [5.41, 5.74) is 9.08. The third-order valence-corrected chi connectivity index (χ3v) is 9.07. The lowest BCUT2D eigenvalue weighted by Gasteiger charge is -2.27. The van der Waals surface area contributed by atoms with Crippen molar-refractivity contribution in [3.8, 4) is 0 Å². The standard InChI is InChI=1S/C41H36N2O3/c1-2-34-36-25-33(42(26-29-15-7-3-8-16-29)27-30-17-9-4-10-18-30)23-24-35(36)38(32-21-13-6-14-22-32)39(34)40(44)43-37(28-46-41(43)45)31-19-11-5-12-20-31/h3-25,34,37H,2,26-28H2,1H3/t34-,37+/m0/s1. The van der Waals surface area contributed by atoms with Gasteiger partial charge in [0.05, 0.1) is 0 Å². The molecule has 46 heavy (non-hydrogen) atoms. The second kappa shape index (κ2) is 12.9. The number of imide groups is 1. The lowest BCUT2D eigenvalue weighted by atomic mass is 9.91. The predicted octanol–water partition coefficient (Wildman–Crippen LogP) is 8.92. The normalized spacial score (nSPS) is 17.2. The molecule has 1 saturated heterocycles. The number of hydrogen-bond donors (Lipinski definition) is 0. The van der Waals surface area contributed by atoms with Crippen LogP contribution in [-0.2, 0) is 22.6 Å². The maximum absolute atomic E-state index is 14.7. The average Bonchev–Trinajstić information content (AvgIpc) is 3.66. The van der Waals surface area contributed by atoms with Gasteiger partial charge in [0.1, 0.15) is 12.6 Å². The zero-order valence-corrected chi connectivity index (χ0v) is 25.9. The number of ether oxygens (including phenoxy) is 1. The Balaban J connectivity index is 1.32. The zero-order chi connectivity index (χ0) is 31.5. The predicted molar refractivity (Wildman–Crippen MR) is 182 cm³/mol. The van der Waals surface area contributed by atoms with Crippen molar-refractivity contribution in [3.63, 3.8) is 0 Å². The largest absolute Gasteiger partial charge is 0.446 e. The molecule has 7 rings (SSSR count). The summed E-state index contributed by atoms with van der Waals surface area (Å²) in [5, 5.41) is 0. The average molecular weight is 605 g/mol. The van der Waals surface area contributed by atoms with Crippen LogP contribution in [0.3, 0.4) is 0 Å². The van der Waals surface area contributed by atoms with Crippen molar-refractivity contribution in [2.45, 2.75) is 38.4 Å². The Morgan fingerprint density at radius 2 is 1.33 bits per heavy atom. The van der Waals surface area contributed by atoms with Crippen molar-refractivity contribution < 1.29 is 14.3 Å². The molecular formula is C41H36N2O3. The number of benzene rings is 5. The fourth-order valence-electron chi connectivity index (χ4n) is 6.88. The molecule has 0 unspecified atom stereocenters. The van der Waals surface area contributed by atoms with Crippen molar-refractivity contribution >= 4 is 23.3 Å². The molecule has 5 heteroatoms. The molecule has 0 bridgehead atoms. The molecule has 1 fully saturated rings. The van der Waals surface area contributed by atoms with E-state index in [0.717, 1.165) is 46.6 Å². The van der Waals surface area contributed by atoms with E-state index in [0.29, 0.717) is 12.0 Å². The first kappa shape index (κ1) is 29.3. The van der Waals surface area contributed by atoms with Crippen molar-refractivity contribution in [2.24, 2.45) is 0 Å². The van der Waals surface area contributed by atoms with Crippen LogP contribution in [0.2, 0.25) is 0 Å². The minimum absolute atomic E-state index is 0.143. The SMILES string of the molecule is CC[C@@H]1C(C(=O)N2C(=O)OC[C@@H]2c2ccccc2)=C(c2ccccc2)c2ccc(N(Cc3ccccc3)Cc3ccccc3)cc21. The molecule has 5 aromatic rings. The molecule has 0 aromatic heterocycles. The van der Waals surface area contributed by atoms with Gasteiger partial charge >= 0.3 is 6.09 Å². The van der Waals surface area contributed by atoms with Crippen molar-refractivity contribution in [3.05, 3.63) is 178 Å². The van der Waals surface area contributed by atoms with E-state index in [-0.39, 0.29) is 18.4 Å². The third kappa shape index (κ3) is 5.61. The number of rotatable bonds is 9. The first-order valence-electron chi connectivity index (χ1n) is 15.9. The van der Waals surface area contributed by atoms with Crippen LogP contribution >= 0.6 is 0 Å². The lowest BCUT2D eigenvalue weighted by molar-refractivity contribution is -0.125. The second-order valence-electron chi connectivity index (χ2n) is 11.9. The maximum Gasteiger partial charge on any atom is 0.417 e. The minimum Gasteiger partial charge on any atom is -0.446 e. The van der Waals surface area contributed by atoms with Crippen LogP contribution in [0.1, 0.15) is 58.7 Å². The highest BCUT2D eigenvalue weighted by molar-refractivity contribution is 6.13. The quantitative estimate of drug-likeness (QED) is 0.169. The number of hydrogen-bond acceptors (Lipinski definition) is 4. The van der Waals surface area contributed by atoms with E-state index in [4.69, 9.17) is 4.74 Å². The Morgan fingerprint density at radius 1 is 0.761 bits per heavy atom. The summed E-state index contributed by atoms with van der Waals surface area (Å²) in [5.74, 6) is -0.469. The van der Waals surface area contributed by atoms with E-state index in [9.17, 15) is 9.59 Å². The first-order chi connectivity index (χ1) is 22.6. The highest BCUT2D eigenvalue weighted by Crippen LogP contribution is 2.49. The number of carbonyl (C=O) groups excluding carboxylic acids is 2. The second-order valence-corrected chi connectivity index (χ2v) is 11.9. The Hall–Kier alpha value is -5.42. The lowest BCUT2D eigenvalue weighted by Crippen LogP contribution is -2.36. The van der Waals surface area contributed by atoms with Gasteiger partial charge in [0.15, 0.2) is 0 Å². The number of anilines is 1. The van der Waals surface area contributed by atoms with Crippen molar-refractivity contribution in [1.82, 2.24) is 4.90 Å². The Morgan fingerprint density at radius 3 is 1.91 bits per heavy atom. The summed E-state index contributed by atoms with van der Waals surface area (Å²) >= 11 is 0. The molecule has 5 nitrogen and oxygen atoms in total. The molecular weight excluding hydrogens is 568 g/mol. The van der Waals surface area contributed by atoms with E-state index in [2.05, 4.69) is 78.6 Å². The fourth-order valence-corrected chi connectivity index (χ4v) is 6.88. The number of amides is 2. The molecule has 2 aliphatic rings. The van der Waals surface area contributed by atoms with Crippen LogP contribution < -0.4 is 4.90 Å². The Bertz CT molecular complexity index is 1830. The van der Waals surface area contributed by atoms with Crippen LogP contribution in [0.25, 0.3) is 5.57 Å². The van der Waals surface area contributed by atoms with Crippen LogP contribution in [0.4, 0.5) is 10.5 Å². The molecule has 2 amide bonds. The van der Waals surface area contributed by atoms with Gasteiger partial charge < -0.3 is 9.64 Å². The van der Waals surface area contributed by atoms with Crippen molar-refractivity contribution in [1.29, 1.82) is 0 Å². The minimum atomic E-state index is -0.595. The van der Waals surface area contributed by atoms with Gasteiger partial charge in [-0.05, 0) is 57.5 Å². The summed E-state index contributed by atoms with van der Waals surface area (Å²) in [4.78, 5) is 31.7. The van der Waals surface area contributed by atoms with Gasteiger partial charge in [-0.2, -0.15) is 0 Å². The van der Waals surface area contributed by atoms with E-state index in [1.807, 2.05) is 72.8 Å². The summed E-state index contributed by atoms with van der Waals surface area (Å²) in [6, 6.07) is 46.9. The van der Waals surface area contributed by atoms with Gasteiger partial charge in [0.2, 0.25) is 0 Å². The summed E-state index contributed by atoms with van der Waals surface area (Å²) in [7, 11) is 0. The van der Waals surface area contributed by atoms with E-state index in [1.165, 1.54) is 16.0 Å². The highest BCUT2D eigenvalue weighted by Gasteiger charge is 2.45. The van der Waals surface area contributed by atoms with Gasteiger partial charge in [-0.25, -0.2) is 9.69 Å². The van der Waals surface area contributed by atoms with Crippen LogP contribution in [0.5, 0.6) is 0 Å². The highest BCUT2D eigenvalue weighted by atomic mass is 16.6. The Kier molecular flexibility index (Phi) is 8.22. The van der Waals surface area contributed by atoms with Gasteiger partial charge in [-0.15, -0.1) is 0 Å². The summed E-state index contributed by atoms with van der Waals surface area (Å²) < 4.78 is 5.50.